The van der Waals surface area contributed by atoms with E-state index in [0.717, 1.165) is 12.8 Å². The molecule has 0 saturated heterocycles. The van der Waals surface area contributed by atoms with E-state index in [2.05, 4.69) is 13.5 Å². The van der Waals surface area contributed by atoms with E-state index < -0.39 is 13.7 Å². The van der Waals surface area contributed by atoms with Crippen LogP contribution in [0.4, 0.5) is 0 Å². The van der Waals surface area contributed by atoms with E-state index >= 15 is 0 Å². The van der Waals surface area contributed by atoms with Gasteiger partial charge in [0.25, 0.3) is 5.48 Å². The van der Waals surface area contributed by atoms with Crippen molar-refractivity contribution in [2.45, 2.75) is 129 Å². The maximum Gasteiger partial charge on any atom is 0.333 e. The summed E-state index contributed by atoms with van der Waals surface area (Å²) in [6, 6.07) is 0. The lowest BCUT2D eigenvalue weighted by atomic mass is 10.0. The van der Waals surface area contributed by atoms with Crippen molar-refractivity contribution in [1.82, 2.24) is 0 Å². The molecule has 0 amide bonds. The molecular weight excluding hydrogens is 469 g/mol. The van der Waals surface area contributed by atoms with Gasteiger partial charge in [0.05, 0.1) is 28.9 Å². The Morgan fingerprint density at radius 3 is 1.56 bits per heavy atom. The van der Waals surface area contributed by atoms with Crippen LogP contribution < -0.4 is 4.89 Å². The second kappa shape index (κ2) is 23.4. The predicted molar refractivity (Wildman–Crippen MR) is 155 cm³/mol. The highest BCUT2D eigenvalue weighted by atomic mass is 31.1. The van der Waals surface area contributed by atoms with Crippen LogP contribution in [0.5, 0.6) is 0 Å². The fourth-order valence-electron chi connectivity index (χ4n) is 4.30. The van der Waals surface area contributed by atoms with Gasteiger partial charge in [-0.25, -0.2) is 4.79 Å². The van der Waals surface area contributed by atoms with Crippen molar-refractivity contribution < 1.29 is 24.0 Å². The summed E-state index contributed by atoms with van der Waals surface area (Å²) in [5.41, 5.74) is 0.465. The van der Waals surface area contributed by atoms with Crippen molar-refractivity contribution in [1.29, 1.82) is 0 Å². The number of aliphatic hydroxyl groups is 1. The van der Waals surface area contributed by atoms with Gasteiger partial charge >= 0.3 is 5.97 Å². The summed E-state index contributed by atoms with van der Waals surface area (Å²) in [4.78, 5) is 24.1. The highest BCUT2D eigenvalue weighted by Gasteiger charge is 2.18. The molecule has 36 heavy (non-hydrogen) atoms. The molecule has 0 spiro atoms. The van der Waals surface area contributed by atoms with Gasteiger partial charge in [0.2, 0.25) is 0 Å². The van der Waals surface area contributed by atoms with Crippen LogP contribution in [0.2, 0.25) is 0 Å². The van der Waals surface area contributed by atoms with Gasteiger partial charge in [-0.3, -0.25) is 0 Å². The molecule has 0 aliphatic rings. The number of quaternary nitrogens is 1. The van der Waals surface area contributed by atoms with E-state index in [-0.39, 0.29) is 18.2 Å². The molecule has 1 unspecified atom stereocenters. The van der Waals surface area contributed by atoms with E-state index in [9.17, 15) is 14.8 Å². The molecule has 0 bridgehead atoms. The summed E-state index contributed by atoms with van der Waals surface area (Å²) in [5, 5.41) is 9.91. The second-order valence-electron chi connectivity index (χ2n) is 11.5. The monoisotopic (exact) mass is 528 g/mol. The predicted octanol–water partition coefficient (Wildman–Crippen LogP) is 7.48. The molecular formula is C30H59NO4P+. The molecule has 5 nitrogen and oxygen atoms in total. The normalized spacial score (nSPS) is 12.5. The number of hydrogen-bond donors (Lipinski definition) is 1. The quantitative estimate of drug-likeness (QED) is 0.0438. The number of likely N-dealkylation sites (N-methyl/N-ethyl adjacent to an activating group) is 1. The zero-order valence-electron chi connectivity index (χ0n) is 24.3. The van der Waals surface area contributed by atoms with E-state index in [1.54, 1.807) is 0 Å². The molecule has 0 aromatic carbocycles. The highest BCUT2D eigenvalue weighted by Crippen LogP contribution is 2.17. The molecule has 0 radical (unpaired) electrons. The summed E-state index contributed by atoms with van der Waals surface area (Å²) in [5.74, 6) is -0.406. The topological polar surface area (TPSA) is 69.6 Å². The average molecular weight is 529 g/mol. The van der Waals surface area contributed by atoms with Gasteiger partial charge in [-0.1, -0.05) is 123 Å². The largest absolute Gasteiger partial charge is 0.628 e. The maximum atomic E-state index is 12.1. The smallest absolute Gasteiger partial charge is 0.333 e. The summed E-state index contributed by atoms with van der Waals surface area (Å²) >= 11 is 0. The molecule has 0 aromatic heterocycles. The Hall–Kier alpha value is -0.740. The lowest BCUT2D eigenvalue weighted by Crippen LogP contribution is -2.39. The van der Waals surface area contributed by atoms with Crippen molar-refractivity contribution >= 4 is 19.2 Å². The summed E-state index contributed by atoms with van der Waals surface area (Å²) in [6.07, 6.45) is 24.9. The van der Waals surface area contributed by atoms with Crippen LogP contribution in [-0.4, -0.2) is 61.5 Å². The number of unbranched alkanes of at least 4 members (excludes halogenated alkanes) is 17. The van der Waals surface area contributed by atoms with Gasteiger partial charge < -0.3 is 19.2 Å². The molecule has 1 N–H and O–H groups in total. The molecule has 6 heteroatoms. The van der Waals surface area contributed by atoms with Gasteiger partial charge in [-0.05, 0) is 12.8 Å². The third-order valence-corrected chi connectivity index (χ3v) is 7.86. The molecule has 1 atom stereocenters. The molecule has 0 heterocycles. The molecule has 0 aliphatic heterocycles. The molecule has 212 valence electrons. The SMILES string of the molecule is C=C(CCCCCCCCCCCCCCCCCCCC)C(=O)OCC[P+]([O-])=C(O)C[N+](C)(C)C. The zero-order valence-corrected chi connectivity index (χ0v) is 25.2. The van der Waals surface area contributed by atoms with Crippen LogP contribution in [0.15, 0.2) is 12.2 Å². The lowest BCUT2D eigenvalue weighted by Gasteiger charge is -2.22. The first kappa shape index (κ1) is 35.3. The first-order chi connectivity index (χ1) is 17.2. The lowest BCUT2D eigenvalue weighted by molar-refractivity contribution is -0.861. The Labute approximate surface area is 224 Å². The van der Waals surface area contributed by atoms with E-state index in [0.29, 0.717) is 23.0 Å². The fourth-order valence-corrected chi connectivity index (χ4v) is 5.39. The third kappa shape index (κ3) is 23.6. The number of aliphatic hydroxyl groups excluding tert-OH is 1. The minimum absolute atomic E-state index is 0.0221. The van der Waals surface area contributed by atoms with Crippen LogP contribution in [0.3, 0.4) is 0 Å². The number of carbonyl (C=O) groups excluding carboxylic acids is 1. The van der Waals surface area contributed by atoms with Gasteiger partial charge in [-0.15, -0.1) is 0 Å². The van der Waals surface area contributed by atoms with Crippen LogP contribution >= 0.6 is 7.77 Å². The van der Waals surface area contributed by atoms with Crippen LogP contribution in [0.1, 0.15) is 129 Å². The standard InChI is InChI=1S/C30H58NO4P/c1-6-7-8-9-10-11-12-13-14-15-16-17-18-19-20-21-22-23-24-28(2)30(33)35-25-26-36(34)29(32)27-31(3,4)5/h2,6-27H2,1,3-5H3/p+1. The first-order valence-corrected chi connectivity index (χ1v) is 16.3. The number of hydrogen-bond acceptors (Lipinski definition) is 3. The Balaban J connectivity index is 3.51. The summed E-state index contributed by atoms with van der Waals surface area (Å²) in [7, 11) is 3.87. The number of ether oxygens (including phenoxy) is 1. The number of rotatable bonds is 25. The van der Waals surface area contributed by atoms with Gasteiger partial charge in [-0.2, -0.15) is 0 Å². The first-order valence-electron chi connectivity index (χ1n) is 14.8. The average Bonchev–Trinajstić information content (AvgIpc) is 2.81. The number of carbonyl (C=O) groups is 1. The molecule has 0 fully saturated rings. The summed E-state index contributed by atoms with van der Waals surface area (Å²) in [6.45, 7) is 6.50. The van der Waals surface area contributed by atoms with Crippen LogP contribution in [0.25, 0.3) is 0 Å². The molecule has 0 rings (SSSR count). The van der Waals surface area contributed by atoms with Crippen molar-refractivity contribution in [3.05, 3.63) is 12.2 Å². The maximum absolute atomic E-state index is 12.1. The Kier molecular flexibility index (Phi) is 22.9. The third-order valence-electron chi connectivity index (χ3n) is 6.55. The van der Waals surface area contributed by atoms with E-state index in [1.807, 2.05) is 21.1 Å². The van der Waals surface area contributed by atoms with E-state index in [1.165, 1.54) is 103 Å². The van der Waals surface area contributed by atoms with Crippen molar-refractivity contribution in [3.63, 3.8) is 0 Å². The van der Waals surface area contributed by atoms with Crippen molar-refractivity contribution in [3.8, 4) is 0 Å². The zero-order chi connectivity index (χ0) is 27.1. The van der Waals surface area contributed by atoms with Crippen molar-refractivity contribution in [2.75, 3.05) is 40.5 Å². The molecule has 0 aliphatic carbocycles. The second-order valence-corrected chi connectivity index (χ2v) is 13.2. The Bertz CT molecular complexity index is 598. The number of esters is 1. The Morgan fingerprint density at radius 1 is 0.778 bits per heavy atom. The number of nitrogens with zero attached hydrogens (tertiary/aromatic N) is 1. The summed E-state index contributed by atoms with van der Waals surface area (Å²) < 4.78 is 5.69. The van der Waals surface area contributed by atoms with Crippen LogP contribution in [0, 0.1) is 0 Å². The molecule has 0 aromatic rings. The van der Waals surface area contributed by atoms with Crippen molar-refractivity contribution in [2.24, 2.45) is 0 Å². The molecule has 0 saturated carbocycles. The van der Waals surface area contributed by atoms with Gasteiger partial charge in [0.1, 0.15) is 12.8 Å². The van der Waals surface area contributed by atoms with Gasteiger partial charge in [0.15, 0.2) is 6.54 Å². The Morgan fingerprint density at radius 2 is 1.17 bits per heavy atom. The fraction of sp³-hybridized carbons (Fsp3) is 0.867. The minimum atomic E-state index is -1.89. The van der Waals surface area contributed by atoms with Gasteiger partial charge in [0, 0.05) is 5.57 Å². The minimum Gasteiger partial charge on any atom is -0.628 e. The highest BCUT2D eigenvalue weighted by molar-refractivity contribution is 7.51. The van der Waals surface area contributed by atoms with Crippen LogP contribution in [-0.2, 0) is 9.53 Å². The van der Waals surface area contributed by atoms with E-state index in [4.69, 9.17) is 4.74 Å².